The first-order chi connectivity index (χ1) is 14.1. The molecule has 1 aliphatic rings. The highest BCUT2D eigenvalue weighted by atomic mass is 16.5. The number of rotatable bonds is 9. The van der Waals surface area contributed by atoms with Gasteiger partial charge in [0.25, 0.3) is 0 Å². The molecule has 2 aromatic carbocycles. The van der Waals surface area contributed by atoms with Crippen molar-refractivity contribution in [3.05, 3.63) is 59.7 Å². The lowest BCUT2D eigenvalue weighted by Gasteiger charge is -2.42. The Kier molecular flexibility index (Phi) is 7.57. The summed E-state index contributed by atoms with van der Waals surface area (Å²) >= 11 is 0. The fourth-order valence-corrected chi connectivity index (χ4v) is 4.61. The summed E-state index contributed by atoms with van der Waals surface area (Å²) in [7, 11) is 0. The lowest BCUT2D eigenvalue weighted by Crippen LogP contribution is -2.34. The molecule has 0 unspecified atom stereocenters. The molecule has 0 aliphatic heterocycles. The largest absolute Gasteiger partial charge is 0.491 e. The molecule has 4 nitrogen and oxygen atoms in total. The molecule has 0 radical (unpaired) electrons. The van der Waals surface area contributed by atoms with Gasteiger partial charge in [-0.1, -0.05) is 38.1 Å². The van der Waals surface area contributed by atoms with Gasteiger partial charge in [-0.2, -0.15) is 0 Å². The SMILES string of the molecule is CC(C)C1CCC(c2ccc(OCCO)cc2)(c2ccc(OCCO)cc2)CC1. The monoisotopic (exact) mass is 398 g/mol. The van der Waals surface area contributed by atoms with Crippen LogP contribution in [0.5, 0.6) is 11.5 Å². The zero-order valence-corrected chi connectivity index (χ0v) is 17.6. The van der Waals surface area contributed by atoms with Crippen LogP contribution < -0.4 is 9.47 Å². The van der Waals surface area contributed by atoms with Crippen molar-refractivity contribution in [2.75, 3.05) is 26.4 Å². The van der Waals surface area contributed by atoms with Gasteiger partial charge in [0, 0.05) is 5.41 Å². The number of hydrogen-bond donors (Lipinski definition) is 2. The topological polar surface area (TPSA) is 58.9 Å². The van der Waals surface area contributed by atoms with Crippen LogP contribution in [-0.4, -0.2) is 36.6 Å². The van der Waals surface area contributed by atoms with Gasteiger partial charge in [-0.05, 0) is 72.9 Å². The Labute approximate surface area is 174 Å². The van der Waals surface area contributed by atoms with Crippen molar-refractivity contribution in [2.24, 2.45) is 11.8 Å². The van der Waals surface area contributed by atoms with Gasteiger partial charge < -0.3 is 19.7 Å². The number of aliphatic hydroxyl groups excluding tert-OH is 2. The molecule has 0 atom stereocenters. The summed E-state index contributed by atoms with van der Waals surface area (Å²) in [6, 6.07) is 16.8. The van der Waals surface area contributed by atoms with E-state index in [-0.39, 0.29) is 18.6 Å². The molecule has 0 spiro atoms. The van der Waals surface area contributed by atoms with Crippen LogP contribution >= 0.6 is 0 Å². The summed E-state index contributed by atoms with van der Waals surface area (Å²) < 4.78 is 11.1. The first-order valence-electron chi connectivity index (χ1n) is 10.8. The van der Waals surface area contributed by atoms with E-state index in [4.69, 9.17) is 19.7 Å². The second-order valence-electron chi connectivity index (χ2n) is 8.36. The van der Waals surface area contributed by atoms with E-state index in [1.807, 2.05) is 24.3 Å². The highest BCUT2D eigenvalue weighted by molar-refractivity contribution is 5.44. The Bertz CT molecular complexity index is 675. The Morgan fingerprint density at radius 1 is 0.793 bits per heavy atom. The molecule has 2 aromatic rings. The molecular weight excluding hydrogens is 364 g/mol. The van der Waals surface area contributed by atoms with E-state index in [0.29, 0.717) is 13.2 Å². The standard InChI is InChI=1S/C25H34O4/c1-19(2)20-11-13-25(14-12-20,21-3-7-23(8-4-21)28-17-15-26)22-5-9-24(10-6-22)29-18-16-27/h3-10,19-20,26-27H,11-18H2,1-2H3. The zero-order valence-electron chi connectivity index (χ0n) is 17.6. The Hall–Kier alpha value is -2.04. The van der Waals surface area contributed by atoms with Gasteiger partial charge in [-0.15, -0.1) is 0 Å². The highest BCUT2D eigenvalue weighted by Crippen LogP contribution is 2.48. The van der Waals surface area contributed by atoms with Gasteiger partial charge in [0.2, 0.25) is 0 Å². The molecule has 0 heterocycles. The molecule has 1 saturated carbocycles. The summed E-state index contributed by atoms with van der Waals surface area (Å²) in [6.07, 6.45) is 4.71. The normalized spacial score (nSPS) is 16.7. The van der Waals surface area contributed by atoms with Crippen LogP contribution in [0.1, 0.15) is 50.7 Å². The van der Waals surface area contributed by atoms with Gasteiger partial charge in [-0.25, -0.2) is 0 Å². The van der Waals surface area contributed by atoms with Crippen molar-refractivity contribution in [1.82, 2.24) is 0 Å². The van der Waals surface area contributed by atoms with Gasteiger partial charge in [-0.3, -0.25) is 0 Å². The van der Waals surface area contributed by atoms with Crippen LogP contribution in [-0.2, 0) is 5.41 Å². The van der Waals surface area contributed by atoms with E-state index >= 15 is 0 Å². The van der Waals surface area contributed by atoms with E-state index in [1.54, 1.807) is 0 Å². The van der Waals surface area contributed by atoms with Crippen molar-refractivity contribution in [3.8, 4) is 11.5 Å². The predicted octanol–water partition coefficient (Wildman–Crippen LogP) is 4.56. The van der Waals surface area contributed by atoms with Crippen molar-refractivity contribution in [3.63, 3.8) is 0 Å². The summed E-state index contributed by atoms with van der Waals surface area (Å²) in [5.41, 5.74) is 2.64. The quantitative estimate of drug-likeness (QED) is 0.650. The highest BCUT2D eigenvalue weighted by Gasteiger charge is 2.39. The maximum absolute atomic E-state index is 8.97. The summed E-state index contributed by atoms with van der Waals surface area (Å²) in [6.45, 7) is 5.34. The van der Waals surface area contributed by atoms with Crippen LogP contribution in [0.2, 0.25) is 0 Å². The van der Waals surface area contributed by atoms with Crippen molar-refractivity contribution in [1.29, 1.82) is 0 Å². The minimum absolute atomic E-state index is 0.00356. The molecule has 1 aliphatic carbocycles. The molecule has 0 saturated heterocycles. The predicted molar refractivity (Wildman–Crippen MR) is 116 cm³/mol. The molecule has 0 amide bonds. The molecule has 0 aromatic heterocycles. The van der Waals surface area contributed by atoms with E-state index in [1.165, 1.54) is 24.0 Å². The fourth-order valence-electron chi connectivity index (χ4n) is 4.61. The van der Waals surface area contributed by atoms with Crippen LogP contribution in [0, 0.1) is 11.8 Å². The smallest absolute Gasteiger partial charge is 0.119 e. The second-order valence-corrected chi connectivity index (χ2v) is 8.36. The molecule has 1 fully saturated rings. The maximum Gasteiger partial charge on any atom is 0.119 e. The van der Waals surface area contributed by atoms with Crippen LogP contribution in [0.25, 0.3) is 0 Å². The number of benzene rings is 2. The minimum atomic E-state index is -0.00356. The van der Waals surface area contributed by atoms with E-state index in [2.05, 4.69) is 38.1 Å². The molecule has 4 heteroatoms. The summed E-state index contributed by atoms with van der Waals surface area (Å²) in [5.74, 6) is 3.09. The Morgan fingerprint density at radius 2 is 1.21 bits per heavy atom. The average molecular weight is 399 g/mol. The zero-order chi connectivity index (χ0) is 20.7. The maximum atomic E-state index is 8.97. The Balaban J connectivity index is 1.88. The van der Waals surface area contributed by atoms with Crippen LogP contribution in [0.4, 0.5) is 0 Å². The van der Waals surface area contributed by atoms with Crippen LogP contribution in [0.3, 0.4) is 0 Å². The van der Waals surface area contributed by atoms with Gasteiger partial charge in [0.15, 0.2) is 0 Å². The number of aliphatic hydroxyl groups is 2. The van der Waals surface area contributed by atoms with Crippen molar-refractivity contribution in [2.45, 2.75) is 44.9 Å². The average Bonchev–Trinajstić information content (AvgIpc) is 2.77. The Morgan fingerprint density at radius 3 is 1.55 bits per heavy atom. The summed E-state index contributed by atoms with van der Waals surface area (Å²) in [5, 5.41) is 17.9. The molecular formula is C25H34O4. The third-order valence-electron chi connectivity index (χ3n) is 6.36. The first kappa shape index (κ1) is 21.7. The molecule has 0 bridgehead atoms. The fraction of sp³-hybridized carbons (Fsp3) is 0.520. The molecule has 29 heavy (non-hydrogen) atoms. The van der Waals surface area contributed by atoms with E-state index < -0.39 is 0 Å². The minimum Gasteiger partial charge on any atom is -0.491 e. The first-order valence-corrected chi connectivity index (χ1v) is 10.8. The number of ether oxygens (including phenoxy) is 2. The van der Waals surface area contributed by atoms with Crippen molar-refractivity contribution >= 4 is 0 Å². The molecule has 158 valence electrons. The van der Waals surface area contributed by atoms with Gasteiger partial charge in [0.1, 0.15) is 24.7 Å². The van der Waals surface area contributed by atoms with Crippen LogP contribution in [0.15, 0.2) is 48.5 Å². The lowest BCUT2D eigenvalue weighted by molar-refractivity contribution is 0.200. The molecule has 3 rings (SSSR count). The third-order valence-corrected chi connectivity index (χ3v) is 6.36. The van der Waals surface area contributed by atoms with E-state index in [0.717, 1.165) is 36.2 Å². The van der Waals surface area contributed by atoms with Gasteiger partial charge in [0.05, 0.1) is 13.2 Å². The van der Waals surface area contributed by atoms with Gasteiger partial charge >= 0.3 is 0 Å². The number of hydrogen-bond acceptors (Lipinski definition) is 4. The van der Waals surface area contributed by atoms with Crippen molar-refractivity contribution < 1.29 is 19.7 Å². The summed E-state index contributed by atoms with van der Waals surface area (Å²) in [4.78, 5) is 0. The van der Waals surface area contributed by atoms with E-state index in [9.17, 15) is 0 Å². The lowest BCUT2D eigenvalue weighted by atomic mass is 9.62. The third kappa shape index (κ3) is 5.12. The molecule has 2 N–H and O–H groups in total. The second kappa shape index (κ2) is 10.1.